The molecule has 0 bridgehead atoms. The summed E-state index contributed by atoms with van der Waals surface area (Å²) in [7, 11) is 0. The third-order valence-electron chi connectivity index (χ3n) is 4.36. The molecular formula is C17H24N4O2. The average Bonchev–Trinajstić information content (AvgIpc) is 3.24. The summed E-state index contributed by atoms with van der Waals surface area (Å²) >= 11 is 0. The van der Waals surface area contributed by atoms with Crippen molar-refractivity contribution in [1.82, 2.24) is 20.0 Å². The highest BCUT2D eigenvalue weighted by molar-refractivity contribution is 5.93. The second kappa shape index (κ2) is 7.46. The van der Waals surface area contributed by atoms with Crippen LogP contribution in [0.3, 0.4) is 0 Å². The molecule has 0 spiro atoms. The molecule has 6 heteroatoms. The van der Waals surface area contributed by atoms with Crippen molar-refractivity contribution >= 4 is 5.91 Å². The fourth-order valence-corrected chi connectivity index (χ4v) is 3.10. The molecule has 2 aromatic heterocycles. The molecule has 0 radical (unpaired) electrons. The molecule has 2 aromatic rings. The summed E-state index contributed by atoms with van der Waals surface area (Å²) < 4.78 is 6.90. The number of rotatable bonds is 6. The number of likely N-dealkylation sites (tertiary alicyclic amines) is 1. The summed E-state index contributed by atoms with van der Waals surface area (Å²) in [5.41, 5.74) is 1.85. The van der Waals surface area contributed by atoms with Gasteiger partial charge in [-0.3, -0.25) is 14.4 Å². The van der Waals surface area contributed by atoms with Crippen LogP contribution in [-0.4, -0.2) is 40.2 Å². The second-order valence-electron chi connectivity index (χ2n) is 6.17. The lowest BCUT2D eigenvalue weighted by Gasteiger charge is -2.32. The van der Waals surface area contributed by atoms with Gasteiger partial charge in [-0.15, -0.1) is 0 Å². The molecule has 3 heterocycles. The van der Waals surface area contributed by atoms with Crippen LogP contribution in [0.4, 0.5) is 0 Å². The molecule has 1 N–H and O–H groups in total. The average molecular weight is 316 g/mol. The van der Waals surface area contributed by atoms with E-state index in [-0.39, 0.29) is 5.91 Å². The third kappa shape index (κ3) is 4.22. The molecule has 6 nitrogen and oxygen atoms in total. The zero-order valence-electron chi connectivity index (χ0n) is 13.6. The monoisotopic (exact) mass is 316 g/mol. The summed E-state index contributed by atoms with van der Waals surface area (Å²) in [6.45, 7) is 6.55. The van der Waals surface area contributed by atoms with Gasteiger partial charge in [0.2, 0.25) is 0 Å². The van der Waals surface area contributed by atoms with Gasteiger partial charge in [-0.05, 0) is 38.3 Å². The van der Waals surface area contributed by atoms with Crippen LogP contribution in [0.25, 0.3) is 0 Å². The Morgan fingerprint density at radius 2 is 2.43 bits per heavy atom. The fourth-order valence-electron chi connectivity index (χ4n) is 3.10. The number of piperidine rings is 1. The van der Waals surface area contributed by atoms with E-state index in [0.717, 1.165) is 39.1 Å². The van der Waals surface area contributed by atoms with Crippen molar-refractivity contribution in [2.24, 2.45) is 5.92 Å². The van der Waals surface area contributed by atoms with Gasteiger partial charge in [-0.25, -0.2) is 0 Å². The first-order valence-electron chi connectivity index (χ1n) is 8.28. The molecule has 0 aliphatic carbocycles. The van der Waals surface area contributed by atoms with Gasteiger partial charge in [0.1, 0.15) is 0 Å². The minimum atomic E-state index is -0.0309. The predicted molar refractivity (Wildman–Crippen MR) is 86.9 cm³/mol. The number of furan rings is 1. The number of nitrogens with zero attached hydrogens (tertiary/aromatic N) is 3. The largest absolute Gasteiger partial charge is 0.472 e. The molecule has 1 aliphatic rings. The van der Waals surface area contributed by atoms with E-state index < -0.39 is 0 Å². The number of aromatic nitrogens is 2. The van der Waals surface area contributed by atoms with Gasteiger partial charge in [0, 0.05) is 37.9 Å². The lowest BCUT2D eigenvalue weighted by Crippen LogP contribution is -2.40. The van der Waals surface area contributed by atoms with Crippen molar-refractivity contribution in [3.05, 3.63) is 42.1 Å². The maximum absolute atomic E-state index is 12.2. The van der Waals surface area contributed by atoms with E-state index in [1.54, 1.807) is 29.6 Å². The van der Waals surface area contributed by atoms with Crippen molar-refractivity contribution in [3.8, 4) is 0 Å². The Hall–Kier alpha value is -2.08. The molecule has 124 valence electrons. The van der Waals surface area contributed by atoms with Gasteiger partial charge < -0.3 is 9.73 Å². The number of hydrogen-bond acceptors (Lipinski definition) is 4. The number of carbonyl (C=O) groups is 1. The molecule has 1 saturated heterocycles. The summed E-state index contributed by atoms with van der Waals surface area (Å²) in [6, 6.07) is 2.01. The molecule has 1 amide bonds. The zero-order chi connectivity index (χ0) is 16.1. The molecule has 0 unspecified atom stereocenters. The molecule has 1 atom stereocenters. The van der Waals surface area contributed by atoms with E-state index in [1.165, 1.54) is 12.0 Å². The number of aryl methyl sites for hydroxylation is 1. The fraction of sp³-hybridized carbons (Fsp3) is 0.529. The van der Waals surface area contributed by atoms with E-state index in [9.17, 15) is 4.79 Å². The SMILES string of the molecule is CCn1cc(C(=O)NC[C@H]2CCCN(Cc3ccoc3)C2)cn1. The van der Waals surface area contributed by atoms with E-state index in [4.69, 9.17) is 4.42 Å². The van der Waals surface area contributed by atoms with Crippen LogP contribution >= 0.6 is 0 Å². The van der Waals surface area contributed by atoms with E-state index in [2.05, 4.69) is 15.3 Å². The lowest BCUT2D eigenvalue weighted by molar-refractivity contribution is 0.0930. The van der Waals surface area contributed by atoms with Gasteiger partial charge in [-0.2, -0.15) is 5.10 Å². The van der Waals surface area contributed by atoms with Crippen molar-refractivity contribution in [1.29, 1.82) is 0 Å². The van der Waals surface area contributed by atoms with Crippen LogP contribution in [0.2, 0.25) is 0 Å². The van der Waals surface area contributed by atoms with Gasteiger partial charge in [0.15, 0.2) is 0 Å². The Bertz CT molecular complexity index is 620. The van der Waals surface area contributed by atoms with Gasteiger partial charge in [-0.1, -0.05) is 0 Å². The van der Waals surface area contributed by atoms with Crippen molar-refractivity contribution in [3.63, 3.8) is 0 Å². The number of hydrogen-bond donors (Lipinski definition) is 1. The first-order chi connectivity index (χ1) is 11.2. The van der Waals surface area contributed by atoms with Gasteiger partial charge in [0.05, 0.1) is 24.3 Å². The van der Waals surface area contributed by atoms with Crippen LogP contribution in [-0.2, 0) is 13.1 Å². The highest BCUT2D eigenvalue weighted by Gasteiger charge is 2.21. The Balaban J connectivity index is 1.46. The third-order valence-corrected chi connectivity index (χ3v) is 4.36. The molecule has 1 fully saturated rings. The highest BCUT2D eigenvalue weighted by Crippen LogP contribution is 2.18. The summed E-state index contributed by atoms with van der Waals surface area (Å²) in [4.78, 5) is 14.6. The van der Waals surface area contributed by atoms with E-state index in [1.807, 2.05) is 13.0 Å². The Morgan fingerprint density at radius 3 is 3.17 bits per heavy atom. The smallest absolute Gasteiger partial charge is 0.254 e. The molecular weight excluding hydrogens is 292 g/mol. The number of amides is 1. The van der Waals surface area contributed by atoms with Gasteiger partial charge in [0.25, 0.3) is 5.91 Å². The summed E-state index contributed by atoms with van der Waals surface area (Å²) in [6.07, 6.45) is 9.28. The lowest BCUT2D eigenvalue weighted by atomic mass is 9.97. The normalized spacial score (nSPS) is 18.9. The summed E-state index contributed by atoms with van der Waals surface area (Å²) in [5.74, 6) is 0.470. The first-order valence-corrected chi connectivity index (χ1v) is 8.28. The Labute approximate surface area is 136 Å². The van der Waals surface area contributed by atoms with Crippen LogP contribution in [0.1, 0.15) is 35.7 Å². The number of nitrogens with one attached hydrogen (secondary N) is 1. The van der Waals surface area contributed by atoms with Crippen molar-refractivity contribution < 1.29 is 9.21 Å². The maximum Gasteiger partial charge on any atom is 0.254 e. The molecule has 0 saturated carbocycles. The highest BCUT2D eigenvalue weighted by atomic mass is 16.3. The maximum atomic E-state index is 12.2. The first kappa shape index (κ1) is 15.8. The van der Waals surface area contributed by atoms with Crippen molar-refractivity contribution in [2.45, 2.75) is 32.9 Å². The minimum absolute atomic E-state index is 0.0309. The molecule has 0 aromatic carbocycles. The molecule has 3 rings (SSSR count). The standard InChI is InChI=1S/C17H24N4O2/c1-2-21-12-16(9-19-21)17(22)18-8-14-4-3-6-20(10-14)11-15-5-7-23-13-15/h5,7,9,12-14H,2-4,6,8,10-11H2,1H3,(H,18,22)/t14-/m1/s1. The van der Waals surface area contributed by atoms with Crippen molar-refractivity contribution in [2.75, 3.05) is 19.6 Å². The van der Waals surface area contributed by atoms with Crippen LogP contribution in [0.15, 0.2) is 35.4 Å². The van der Waals surface area contributed by atoms with E-state index >= 15 is 0 Å². The topological polar surface area (TPSA) is 63.3 Å². The summed E-state index contributed by atoms with van der Waals surface area (Å²) in [5, 5.41) is 7.19. The van der Waals surface area contributed by atoms with Crippen LogP contribution in [0.5, 0.6) is 0 Å². The predicted octanol–water partition coefficient (Wildman–Crippen LogP) is 2.14. The zero-order valence-corrected chi connectivity index (χ0v) is 13.6. The van der Waals surface area contributed by atoms with Crippen LogP contribution < -0.4 is 5.32 Å². The van der Waals surface area contributed by atoms with Crippen LogP contribution in [0, 0.1) is 5.92 Å². The van der Waals surface area contributed by atoms with Gasteiger partial charge >= 0.3 is 0 Å². The molecule has 23 heavy (non-hydrogen) atoms. The molecule has 1 aliphatic heterocycles. The van der Waals surface area contributed by atoms with E-state index in [0.29, 0.717) is 11.5 Å². The Kier molecular flexibility index (Phi) is 5.12. The second-order valence-corrected chi connectivity index (χ2v) is 6.17. The minimum Gasteiger partial charge on any atom is -0.472 e. The quantitative estimate of drug-likeness (QED) is 0.887. The number of carbonyl (C=O) groups excluding carboxylic acids is 1. The Morgan fingerprint density at radius 1 is 1.52 bits per heavy atom.